The first-order valence-corrected chi connectivity index (χ1v) is 12.0. The third-order valence-corrected chi connectivity index (χ3v) is 6.62. The fourth-order valence-corrected chi connectivity index (χ4v) is 4.66. The van der Waals surface area contributed by atoms with Crippen molar-refractivity contribution in [3.63, 3.8) is 0 Å². The van der Waals surface area contributed by atoms with Crippen LogP contribution >= 0.6 is 11.8 Å². The number of benzene rings is 2. The lowest BCUT2D eigenvalue weighted by molar-refractivity contribution is 0.0776. The van der Waals surface area contributed by atoms with Crippen LogP contribution in [0.4, 0.5) is 17.6 Å². The van der Waals surface area contributed by atoms with Gasteiger partial charge < -0.3 is 4.90 Å². The van der Waals surface area contributed by atoms with E-state index in [9.17, 15) is 22.4 Å². The van der Waals surface area contributed by atoms with E-state index in [1.165, 1.54) is 39.9 Å². The van der Waals surface area contributed by atoms with Gasteiger partial charge in [-0.15, -0.1) is 0 Å². The molecule has 0 radical (unpaired) electrons. The molecule has 188 valence electrons. The predicted molar refractivity (Wildman–Crippen MR) is 128 cm³/mol. The van der Waals surface area contributed by atoms with Crippen LogP contribution in [0.5, 0.6) is 0 Å². The molecule has 0 N–H and O–H groups in total. The second kappa shape index (κ2) is 10.6. The Kier molecular flexibility index (Phi) is 7.48. The summed E-state index contributed by atoms with van der Waals surface area (Å²) < 4.78 is 58.8. The van der Waals surface area contributed by atoms with Gasteiger partial charge in [0.25, 0.3) is 5.91 Å². The molecule has 0 atom stereocenters. The minimum Gasteiger partial charge on any atom is -0.336 e. The van der Waals surface area contributed by atoms with Crippen molar-refractivity contribution in [1.82, 2.24) is 24.2 Å². The number of imidazole rings is 1. The van der Waals surface area contributed by atoms with Gasteiger partial charge in [-0.2, -0.15) is 5.10 Å². The third-order valence-electron chi connectivity index (χ3n) is 5.64. The number of amides is 1. The number of aromatic nitrogens is 4. The monoisotopic (exact) mass is 517 g/mol. The summed E-state index contributed by atoms with van der Waals surface area (Å²) in [6.45, 7) is 4.82. The summed E-state index contributed by atoms with van der Waals surface area (Å²) in [6, 6.07) is 6.98. The smallest absolute Gasteiger partial charge is 0.272 e. The molecule has 0 saturated carbocycles. The molecule has 0 unspecified atom stereocenters. The van der Waals surface area contributed by atoms with Crippen molar-refractivity contribution in [2.45, 2.75) is 37.8 Å². The fourth-order valence-electron chi connectivity index (χ4n) is 3.66. The average Bonchev–Trinajstić information content (AvgIpc) is 3.44. The molecule has 6 nitrogen and oxygen atoms in total. The van der Waals surface area contributed by atoms with Crippen molar-refractivity contribution in [2.75, 3.05) is 7.05 Å². The van der Waals surface area contributed by atoms with Gasteiger partial charge in [-0.3, -0.25) is 14.0 Å². The molecule has 0 fully saturated rings. The van der Waals surface area contributed by atoms with Crippen molar-refractivity contribution < 1.29 is 22.4 Å². The largest absolute Gasteiger partial charge is 0.336 e. The molecule has 0 aliphatic heterocycles. The molecule has 4 rings (SSSR count). The molecule has 0 bridgehead atoms. The van der Waals surface area contributed by atoms with E-state index in [4.69, 9.17) is 0 Å². The Labute approximate surface area is 209 Å². The quantitative estimate of drug-likeness (QED) is 0.176. The van der Waals surface area contributed by atoms with Crippen LogP contribution < -0.4 is 0 Å². The van der Waals surface area contributed by atoms with Crippen LogP contribution in [-0.2, 0) is 18.8 Å². The predicted octanol–water partition coefficient (Wildman–Crippen LogP) is 5.52. The molecule has 1 amide bonds. The molecule has 2 aromatic carbocycles. The average molecular weight is 518 g/mol. The van der Waals surface area contributed by atoms with E-state index in [0.29, 0.717) is 18.8 Å². The summed E-state index contributed by atoms with van der Waals surface area (Å²) in [6.07, 6.45) is 3.23. The number of nitrogens with zero attached hydrogens (tertiary/aromatic N) is 5. The maximum absolute atomic E-state index is 14.2. The van der Waals surface area contributed by atoms with Gasteiger partial charge in [-0.1, -0.05) is 11.8 Å². The summed E-state index contributed by atoms with van der Waals surface area (Å²) in [4.78, 5) is 19.2. The number of carbonyl (C=O) groups is 1. The first-order valence-electron chi connectivity index (χ1n) is 11.1. The zero-order valence-electron chi connectivity index (χ0n) is 19.8. The fraction of sp³-hybridized carbons (Fsp3) is 0.240. The molecular weight excluding hydrogens is 494 g/mol. The molecule has 2 aromatic heterocycles. The number of hydrogen-bond acceptors (Lipinski definition) is 4. The molecule has 0 saturated heterocycles. The topological polar surface area (TPSA) is 56.0 Å². The number of halogens is 4. The van der Waals surface area contributed by atoms with Crippen LogP contribution in [-0.4, -0.2) is 37.2 Å². The van der Waals surface area contributed by atoms with E-state index in [0.717, 1.165) is 35.2 Å². The van der Waals surface area contributed by atoms with Gasteiger partial charge in [0.2, 0.25) is 0 Å². The highest BCUT2D eigenvalue weighted by Crippen LogP contribution is 2.29. The van der Waals surface area contributed by atoms with E-state index in [1.54, 1.807) is 11.7 Å². The Balaban J connectivity index is 1.66. The number of thioether (sulfide) groups is 1. The van der Waals surface area contributed by atoms with E-state index >= 15 is 0 Å². The Bertz CT molecular complexity index is 1400. The van der Waals surface area contributed by atoms with Crippen molar-refractivity contribution >= 4 is 17.7 Å². The van der Waals surface area contributed by atoms with Crippen LogP contribution in [0.25, 0.3) is 5.69 Å². The third kappa shape index (κ3) is 5.15. The Morgan fingerprint density at radius 1 is 1.06 bits per heavy atom. The first kappa shape index (κ1) is 25.5. The maximum Gasteiger partial charge on any atom is 0.272 e. The minimum absolute atomic E-state index is 0.173. The lowest BCUT2D eigenvalue weighted by atomic mass is 10.2. The Hall–Kier alpha value is -3.60. The van der Waals surface area contributed by atoms with Crippen LogP contribution in [0.1, 0.15) is 34.2 Å². The first-order chi connectivity index (χ1) is 17.2. The van der Waals surface area contributed by atoms with Gasteiger partial charge in [-0.25, -0.2) is 22.5 Å². The van der Waals surface area contributed by atoms with Crippen molar-refractivity contribution in [1.29, 1.82) is 0 Å². The normalized spacial score (nSPS) is 11.2. The second-order valence-electron chi connectivity index (χ2n) is 8.10. The number of carbonyl (C=O) groups excluding carboxylic acids is 1. The lowest BCUT2D eigenvalue weighted by Gasteiger charge is -2.18. The molecule has 36 heavy (non-hydrogen) atoms. The molecule has 4 aromatic rings. The summed E-state index contributed by atoms with van der Waals surface area (Å²) in [5.41, 5.74) is 1.85. The molecule has 0 spiro atoms. The van der Waals surface area contributed by atoms with E-state index in [1.807, 2.05) is 20.0 Å². The van der Waals surface area contributed by atoms with Gasteiger partial charge in [0, 0.05) is 48.9 Å². The van der Waals surface area contributed by atoms with E-state index in [2.05, 4.69) is 10.1 Å². The number of aryl methyl sites for hydroxylation is 2. The summed E-state index contributed by atoms with van der Waals surface area (Å²) in [5, 5.41) is 4.63. The van der Waals surface area contributed by atoms with Gasteiger partial charge >= 0.3 is 0 Å². The zero-order chi connectivity index (χ0) is 26.0. The summed E-state index contributed by atoms with van der Waals surface area (Å²) in [7, 11) is 1.64. The minimum atomic E-state index is -1.28. The highest BCUT2D eigenvalue weighted by molar-refractivity contribution is 7.98. The Morgan fingerprint density at radius 2 is 1.75 bits per heavy atom. The van der Waals surface area contributed by atoms with Gasteiger partial charge in [0.1, 0.15) is 17.3 Å². The molecular formula is C25H23F4N5OS. The summed E-state index contributed by atoms with van der Waals surface area (Å²) >= 11 is 0.926. The van der Waals surface area contributed by atoms with Gasteiger partial charge in [-0.05, 0) is 50.2 Å². The van der Waals surface area contributed by atoms with Crippen LogP contribution in [0.3, 0.4) is 0 Å². The standard InChI is InChI=1S/C25H23F4N5OS/c1-4-33-13-16(15(2)31-33)12-32(3)24(35)22-11-30-25(34(22)18-7-5-17(26)6-8-18)36-14-19-20(27)9-10-21(28)23(19)29/h5-11,13H,4,12,14H2,1-3H3. The van der Waals surface area contributed by atoms with Crippen LogP contribution in [0.15, 0.2) is 53.9 Å². The molecule has 11 heteroatoms. The van der Waals surface area contributed by atoms with Crippen LogP contribution in [0, 0.1) is 30.2 Å². The summed E-state index contributed by atoms with van der Waals surface area (Å²) in [5.74, 6) is -4.43. The maximum atomic E-state index is 14.2. The SMILES string of the molecule is CCn1cc(CN(C)C(=O)c2cnc(SCc3c(F)ccc(F)c3F)n2-c2ccc(F)cc2)c(C)n1. The zero-order valence-corrected chi connectivity index (χ0v) is 20.6. The number of hydrogen-bond donors (Lipinski definition) is 0. The van der Waals surface area contributed by atoms with Crippen molar-refractivity contribution in [2.24, 2.45) is 0 Å². The molecule has 2 heterocycles. The van der Waals surface area contributed by atoms with E-state index < -0.39 is 28.8 Å². The van der Waals surface area contributed by atoms with Gasteiger partial charge in [0.05, 0.1) is 11.9 Å². The lowest BCUT2D eigenvalue weighted by Crippen LogP contribution is -2.28. The van der Waals surface area contributed by atoms with Crippen molar-refractivity contribution in [3.8, 4) is 5.69 Å². The molecule has 0 aliphatic rings. The molecule has 0 aliphatic carbocycles. The van der Waals surface area contributed by atoms with Crippen LogP contribution in [0.2, 0.25) is 0 Å². The van der Waals surface area contributed by atoms with Crippen molar-refractivity contribution in [3.05, 3.63) is 94.6 Å². The van der Waals surface area contributed by atoms with Gasteiger partial charge in [0.15, 0.2) is 16.8 Å². The highest BCUT2D eigenvalue weighted by atomic mass is 32.2. The Morgan fingerprint density at radius 3 is 2.42 bits per heavy atom. The van der Waals surface area contributed by atoms with E-state index in [-0.39, 0.29) is 22.5 Å². The number of rotatable bonds is 8. The highest BCUT2D eigenvalue weighted by Gasteiger charge is 2.23. The second-order valence-corrected chi connectivity index (χ2v) is 9.05.